The summed E-state index contributed by atoms with van der Waals surface area (Å²) in [6.07, 6.45) is 5.81. The highest BCUT2D eigenvalue weighted by Crippen LogP contribution is 2.43. The average Bonchev–Trinajstić information content (AvgIpc) is 3.30. The second-order valence-corrected chi connectivity index (χ2v) is 6.79. The predicted octanol–water partition coefficient (Wildman–Crippen LogP) is 3.51. The number of aromatic nitrogens is 2. The fourth-order valence-corrected chi connectivity index (χ4v) is 3.85. The van der Waals surface area contributed by atoms with Gasteiger partial charge in [0.05, 0.1) is 12.0 Å². The molecule has 0 bridgehead atoms. The summed E-state index contributed by atoms with van der Waals surface area (Å²) in [6.45, 7) is 2.04. The molecule has 0 spiro atoms. The van der Waals surface area contributed by atoms with E-state index < -0.39 is 0 Å². The van der Waals surface area contributed by atoms with E-state index in [2.05, 4.69) is 16.3 Å². The van der Waals surface area contributed by atoms with Gasteiger partial charge in [-0.3, -0.25) is 5.10 Å². The third-order valence-electron chi connectivity index (χ3n) is 5.19. The molecule has 2 heterocycles. The lowest BCUT2D eigenvalue weighted by molar-refractivity contribution is 0.210. The molecule has 134 valence electrons. The summed E-state index contributed by atoms with van der Waals surface area (Å²) < 4.78 is 11.6. The molecule has 2 aliphatic rings. The first kappa shape index (κ1) is 16.5. The Bertz CT molecular complexity index is 870. The molecular formula is C20H22N4O2. The van der Waals surface area contributed by atoms with Crippen LogP contribution in [0.5, 0.6) is 11.6 Å². The quantitative estimate of drug-likeness (QED) is 0.879. The van der Waals surface area contributed by atoms with Crippen LogP contribution >= 0.6 is 0 Å². The maximum absolute atomic E-state index is 9.64. The van der Waals surface area contributed by atoms with E-state index in [1.54, 1.807) is 0 Å². The van der Waals surface area contributed by atoms with Crippen molar-refractivity contribution in [2.24, 2.45) is 5.73 Å². The molecule has 0 radical (unpaired) electrons. The standard InChI is InChI=1S/C20H22N4O2/c1-2-16-18-17(15(11-21)19(22)26-20(18)24-23-16)12-7-9-14(10-8-12)25-13-5-3-4-6-13/h7-10,13,17H,2-6,22H2,1H3,(H,23,24)/t17-/m1/s1. The molecule has 2 aromatic rings. The van der Waals surface area contributed by atoms with Crippen molar-refractivity contribution in [3.63, 3.8) is 0 Å². The van der Waals surface area contributed by atoms with Crippen LogP contribution in [-0.2, 0) is 6.42 Å². The van der Waals surface area contributed by atoms with Crippen molar-refractivity contribution in [1.29, 1.82) is 5.26 Å². The maximum atomic E-state index is 9.64. The van der Waals surface area contributed by atoms with E-state index in [9.17, 15) is 5.26 Å². The van der Waals surface area contributed by atoms with Crippen LogP contribution in [0.25, 0.3) is 0 Å². The normalized spacial score (nSPS) is 19.8. The highest BCUT2D eigenvalue weighted by Gasteiger charge is 2.34. The number of aryl methyl sites for hydroxylation is 1. The number of nitrogens with one attached hydrogen (secondary N) is 1. The first-order valence-corrected chi connectivity index (χ1v) is 9.12. The van der Waals surface area contributed by atoms with Crippen LogP contribution in [0.15, 0.2) is 35.7 Å². The third-order valence-corrected chi connectivity index (χ3v) is 5.19. The third kappa shape index (κ3) is 2.80. The van der Waals surface area contributed by atoms with Crippen LogP contribution in [0.1, 0.15) is 55.3 Å². The second-order valence-electron chi connectivity index (χ2n) is 6.79. The van der Waals surface area contributed by atoms with Gasteiger partial charge in [-0.2, -0.15) is 5.26 Å². The number of benzene rings is 1. The molecule has 1 aromatic heterocycles. The number of allylic oxidation sites excluding steroid dienone is 1. The molecule has 1 aromatic carbocycles. The molecule has 6 nitrogen and oxygen atoms in total. The van der Waals surface area contributed by atoms with Crippen molar-refractivity contribution < 1.29 is 9.47 Å². The number of rotatable bonds is 4. The lowest BCUT2D eigenvalue weighted by Gasteiger charge is -2.24. The number of nitrogens with two attached hydrogens (primary N) is 1. The van der Waals surface area contributed by atoms with Gasteiger partial charge in [-0.05, 0) is 49.8 Å². The zero-order valence-corrected chi connectivity index (χ0v) is 14.8. The van der Waals surface area contributed by atoms with Crippen molar-refractivity contribution in [3.8, 4) is 17.7 Å². The topological polar surface area (TPSA) is 97.0 Å². The van der Waals surface area contributed by atoms with E-state index in [1.165, 1.54) is 12.8 Å². The molecule has 1 saturated carbocycles. The average molecular weight is 350 g/mol. The SMILES string of the molecule is CCc1[nH]nc2c1[C@H](c1ccc(OC3CCCC3)cc1)C(C#N)=C(N)O2. The molecule has 26 heavy (non-hydrogen) atoms. The minimum atomic E-state index is -0.280. The van der Waals surface area contributed by atoms with Gasteiger partial charge >= 0.3 is 0 Å². The summed E-state index contributed by atoms with van der Waals surface area (Å²) in [5.74, 6) is 1.16. The summed E-state index contributed by atoms with van der Waals surface area (Å²) in [6, 6.07) is 10.2. The molecule has 0 saturated heterocycles. The van der Waals surface area contributed by atoms with Gasteiger partial charge < -0.3 is 15.2 Å². The van der Waals surface area contributed by atoms with Crippen molar-refractivity contribution >= 4 is 0 Å². The van der Waals surface area contributed by atoms with E-state index in [1.807, 2.05) is 31.2 Å². The van der Waals surface area contributed by atoms with E-state index in [0.29, 0.717) is 17.6 Å². The van der Waals surface area contributed by atoms with Crippen LogP contribution in [0.3, 0.4) is 0 Å². The highest BCUT2D eigenvalue weighted by molar-refractivity contribution is 5.55. The predicted molar refractivity (Wildman–Crippen MR) is 96.6 cm³/mol. The zero-order chi connectivity index (χ0) is 18.1. The van der Waals surface area contributed by atoms with E-state index >= 15 is 0 Å². The molecule has 1 atom stereocenters. The number of ether oxygens (including phenoxy) is 2. The zero-order valence-electron chi connectivity index (χ0n) is 14.8. The van der Waals surface area contributed by atoms with Gasteiger partial charge in [0, 0.05) is 11.3 Å². The van der Waals surface area contributed by atoms with Crippen LogP contribution < -0.4 is 15.2 Å². The Morgan fingerprint density at radius 1 is 1.31 bits per heavy atom. The largest absolute Gasteiger partial charge is 0.490 e. The van der Waals surface area contributed by atoms with Crippen LogP contribution in [0.4, 0.5) is 0 Å². The molecule has 0 unspecified atom stereocenters. The molecule has 1 aliphatic carbocycles. The molecule has 0 amide bonds. The fourth-order valence-electron chi connectivity index (χ4n) is 3.85. The Hall–Kier alpha value is -2.94. The number of nitriles is 1. The van der Waals surface area contributed by atoms with Gasteiger partial charge in [0.15, 0.2) is 0 Å². The number of hydrogen-bond acceptors (Lipinski definition) is 5. The number of nitrogens with zero attached hydrogens (tertiary/aromatic N) is 2. The molecule has 1 fully saturated rings. The first-order valence-electron chi connectivity index (χ1n) is 9.12. The van der Waals surface area contributed by atoms with Crippen LogP contribution in [0.2, 0.25) is 0 Å². The molecule has 6 heteroatoms. The second kappa shape index (κ2) is 6.75. The minimum absolute atomic E-state index is 0.116. The number of H-pyrrole nitrogens is 1. The van der Waals surface area contributed by atoms with Crippen molar-refractivity contribution in [2.45, 2.75) is 51.0 Å². The minimum Gasteiger partial charge on any atom is -0.490 e. The van der Waals surface area contributed by atoms with Gasteiger partial charge in [-0.25, -0.2) is 0 Å². The van der Waals surface area contributed by atoms with Gasteiger partial charge in [-0.1, -0.05) is 19.1 Å². The summed E-state index contributed by atoms with van der Waals surface area (Å²) in [4.78, 5) is 0. The molecule has 4 rings (SSSR count). The Kier molecular flexibility index (Phi) is 4.29. The van der Waals surface area contributed by atoms with Crippen molar-refractivity contribution in [1.82, 2.24) is 10.2 Å². The summed E-state index contributed by atoms with van der Waals surface area (Å²) in [7, 11) is 0. The van der Waals surface area contributed by atoms with E-state index in [0.717, 1.165) is 41.8 Å². The van der Waals surface area contributed by atoms with Crippen molar-refractivity contribution in [2.75, 3.05) is 0 Å². The molecule has 1 aliphatic heterocycles. The lowest BCUT2D eigenvalue weighted by atomic mass is 9.83. The fraction of sp³-hybridized carbons (Fsp3) is 0.400. The summed E-state index contributed by atoms with van der Waals surface area (Å²) in [5, 5.41) is 16.9. The summed E-state index contributed by atoms with van der Waals surface area (Å²) in [5.41, 5.74) is 9.22. The Morgan fingerprint density at radius 2 is 2.04 bits per heavy atom. The number of fused-ring (bicyclic) bond motifs is 1. The lowest BCUT2D eigenvalue weighted by Crippen LogP contribution is -2.21. The van der Waals surface area contributed by atoms with Gasteiger partial charge in [-0.15, -0.1) is 5.10 Å². The molecular weight excluding hydrogens is 328 g/mol. The van der Waals surface area contributed by atoms with Gasteiger partial charge in [0.2, 0.25) is 11.8 Å². The monoisotopic (exact) mass is 350 g/mol. The van der Waals surface area contributed by atoms with Crippen molar-refractivity contribution in [3.05, 3.63) is 52.5 Å². The highest BCUT2D eigenvalue weighted by atomic mass is 16.5. The van der Waals surface area contributed by atoms with E-state index in [-0.39, 0.29) is 11.8 Å². The molecule has 3 N–H and O–H groups in total. The Labute approximate surface area is 152 Å². The Morgan fingerprint density at radius 3 is 2.69 bits per heavy atom. The van der Waals surface area contributed by atoms with Gasteiger partial charge in [0.25, 0.3) is 0 Å². The van der Waals surface area contributed by atoms with E-state index in [4.69, 9.17) is 15.2 Å². The number of aromatic amines is 1. The maximum Gasteiger partial charge on any atom is 0.244 e. The van der Waals surface area contributed by atoms with Gasteiger partial charge in [0.1, 0.15) is 17.4 Å². The van der Waals surface area contributed by atoms with Crippen LogP contribution in [0, 0.1) is 11.3 Å². The summed E-state index contributed by atoms with van der Waals surface area (Å²) >= 11 is 0. The van der Waals surface area contributed by atoms with Crippen LogP contribution in [-0.4, -0.2) is 16.3 Å². The smallest absolute Gasteiger partial charge is 0.244 e. The number of hydrogen-bond donors (Lipinski definition) is 2. The first-order chi connectivity index (χ1) is 12.7. The Balaban J connectivity index is 1.69.